The molecule has 1 aliphatic heterocycles. The molecule has 19 heavy (non-hydrogen) atoms. The van der Waals surface area contributed by atoms with Crippen molar-refractivity contribution in [1.82, 2.24) is 10.2 Å². The molecule has 1 saturated carbocycles. The fourth-order valence-electron chi connectivity index (χ4n) is 3.35. The van der Waals surface area contributed by atoms with Gasteiger partial charge in [0, 0.05) is 6.04 Å². The molecule has 2 atom stereocenters. The zero-order valence-electron chi connectivity index (χ0n) is 11.9. The van der Waals surface area contributed by atoms with E-state index >= 15 is 0 Å². The van der Waals surface area contributed by atoms with Gasteiger partial charge in [0.1, 0.15) is 11.6 Å². The van der Waals surface area contributed by atoms with Gasteiger partial charge in [0.2, 0.25) is 11.8 Å². The Balaban J connectivity index is 2.34. The number of piperazine rings is 1. The first-order valence-corrected chi connectivity index (χ1v) is 7.33. The summed E-state index contributed by atoms with van der Waals surface area (Å²) < 4.78 is 0. The highest BCUT2D eigenvalue weighted by Crippen LogP contribution is 2.34. The van der Waals surface area contributed by atoms with E-state index < -0.39 is 5.54 Å². The third-order valence-corrected chi connectivity index (χ3v) is 4.52. The quantitative estimate of drug-likeness (QED) is 0.793. The van der Waals surface area contributed by atoms with Crippen LogP contribution < -0.4 is 5.32 Å². The minimum absolute atomic E-state index is 0.00213. The molecular weight excluding hydrogens is 240 g/mol. The number of hydrogen-bond acceptors (Lipinski definition) is 2. The molecule has 1 N–H and O–H groups in total. The summed E-state index contributed by atoms with van der Waals surface area (Å²) in [5.74, 6) is 0.0868. The Hall–Kier alpha value is -1.32. The molecule has 2 aliphatic rings. The van der Waals surface area contributed by atoms with Crippen molar-refractivity contribution in [3.05, 3.63) is 12.7 Å². The molecule has 106 valence electrons. The van der Waals surface area contributed by atoms with E-state index in [-0.39, 0.29) is 23.9 Å². The molecule has 0 aromatic rings. The van der Waals surface area contributed by atoms with Gasteiger partial charge in [-0.25, -0.2) is 0 Å². The van der Waals surface area contributed by atoms with Gasteiger partial charge in [-0.05, 0) is 26.2 Å². The van der Waals surface area contributed by atoms with E-state index in [1.807, 2.05) is 13.8 Å². The van der Waals surface area contributed by atoms with Crippen molar-refractivity contribution in [3.8, 4) is 0 Å². The van der Waals surface area contributed by atoms with E-state index in [9.17, 15) is 9.59 Å². The average Bonchev–Trinajstić information content (AvgIpc) is 2.42. The molecule has 0 aromatic heterocycles. The average molecular weight is 264 g/mol. The Labute approximate surface area is 115 Å². The summed E-state index contributed by atoms with van der Waals surface area (Å²) in [5, 5.41) is 3.03. The summed E-state index contributed by atoms with van der Waals surface area (Å²) in [7, 11) is 0. The lowest BCUT2D eigenvalue weighted by Crippen LogP contribution is -2.71. The zero-order valence-corrected chi connectivity index (χ0v) is 11.9. The maximum atomic E-state index is 12.9. The van der Waals surface area contributed by atoms with Crippen LogP contribution in [0.15, 0.2) is 12.7 Å². The maximum Gasteiger partial charge on any atom is 0.249 e. The number of amides is 2. The fourth-order valence-corrected chi connectivity index (χ4v) is 3.35. The molecule has 2 amide bonds. The molecule has 1 aliphatic carbocycles. The second-order valence-corrected chi connectivity index (χ2v) is 5.74. The van der Waals surface area contributed by atoms with Gasteiger partial charge in [-0.1, -0.05) is 32.3 Å². The van der Waals surface area contributed by atoms with Gasteiger partial charge in [-0.3, -0.25) is 9.59 Å². The van der Waals surface area contributed by atoms with E-state index in [2.05, 4.69) is 11.9 Å². The lowest BCUT2D eigenvalue weighted by Gasteiger charge is -2.49. The Morgan fingerprint density at radius 2 is 2.05 bits per heavy atom. The van der Waals surface area contributed by atoms with Crippen LogP contribution >= 0.6 is 0 Å². The van der Waals surface area contributed by atoms with Crippen molar-refractivity contribution in [2.75, 3.05) is 0 Å². The standard InChI is InChI=1S/C15H24N2O2/c1-4-11(3)17-12(5-2)13(18)16-15(14(17)19)9-7-6-8-10-15/h4,11-12H,1,5-10H2,2-3H3,(H,16,18). The van der Waals surface area contributed by atoms with Crippen molar-refractivity contribution in [2.45, 2.75) is 70.0 Å². The third kappa shape index (κ3) is 2.28. The van der Waals surface area contributed by atoms with Gasteiger partial charge in [-0.2, -0.15) is 0 Å². The summed E-state index contributed by atoms with van der Waals surface area (Å²) in [6.07, 6.45) is 7.11. The van der Waals surface area contributed by atoms with Crippen molar-refractivity contribution >= 4 is 11.8 Å². The minimum Gasteiger partial charge on any atom is -0.340 e. The number of rotatable bonds is 3. The Morgan fingerprint density at radius 1 is 1.42 bits per heavy atom. The van der Waals surface area contributed by atoms with E-state index in [1.165, 1.54) is 0 Å². The minimum atomic E-state index is -0.641. The SMILES string of the molecule is C=CC(C)N1C(=O)C2(CCCCC2)NC(=O)C1CC. The first kappa shape index (κ1) is 14.1. The van der Waals surface area contributed by atoms with Gasteiger partial charge in [0.05, 0.1) is 0 Å². The number of carbonyl (C=O) groups is 2. The summed E-state index contributed by atoms with van der Waals surface area (Å²) in [6.45, 7) is 7.65. The highest BCUT2D eigenvalue weighted by atomic mass is 16.2. The van der Waals surface area contributed by atoms with Crippen LogP contribution in [0.3, 0.4) is 0 Å². The highest BCUT2D eigenvalue weighted by molar-refractivity contribution is 6.00. The Bertz CT molecular complexity index is 386. The predicted molar refractivity (Wildman–Crippen MR) is 74.5 cm³/mol. The predicted octanol–water partition coefficient (Wildman–Crippen LogP) is 2.00. The summed E-state index contributed by atoms with van der Waals surface area (Å²) >= 11 is 0. The third-order valence-electron chi connectivity index (χ3n) is 4.52. The molecule has 0 aromatic carbocycles. The molecule has 1 saturated heterocycles. The van der Waals surface area contributed by atoms with Crippen molar-refractivity contribution in [2.24, 2.45) is 0 Å². The summed E-state index contributed by atoms with van der Waals surface area (Å²) in [5.41, 5.74) is -0.641. The van der Waals surface area contributed by atoms with Crippen LogP contribution in [0, 0.1) is 0 Å². The monoisotopic (exact) mass is 264 g/mol. The molecule has 2 rings (SSSR count). The van der Waals surface area contributed by atoms with Crippen LogP contribution in [-0.4, -0.2) is 34.3 Å². The van der Waals surface area contributed by atoms with Crippen LogP contribution in [0.4, 0.5) is 0 Å². The molecular formula is C15H24N2O2. The largest absolute Gasteiger partial charge is 0.340 e. The number of carbonyl (C=O) groups excluding carboxylic acids is 2. The lowest BCUT2D eigenvalue weighted by molar-refractivity contribution is -0.158. The zero-order chi connectivity index (χ0) is 14.0. The first-order chi connectivity index (χ1) is 9.05. The maximum absolute atomic E-state index is 12.9. The van der Waals surface area contributed by atoms with Crippen LogP contribution in [0.25, 0.3) is 0 Å². The Morgan fingerprint density at radius 3 is 2.58 bits per heavy atom. The number of nitrogens with zero attached hydrogens (tertiary/aromatic N) is 1. The molecule has 4 nitrogen and oxygen atoms in total. The first-order valence-electron chi connectivity index (χ1n) is 7.33. The van der Waals surface area contributed by atoms with Crippen LogP contribution in [-0.2, 0) is 9.59 Å². The molecule has 0 radical (unpaired) electrons. The smallest absolute Gasteiger partial charge is 0.249 e. The normalized spacial score (nSPS) is 28.1. The van der Waals surface area contributed by atoms with Crippen LogP contribution in [0.5, 0.6) is 0 Å². The van der Waals surface area contributed by atoms with Crippen molar-refractivity contribution in [3.63, 3.8) is 0 Å². The molecule has 2 fully saturated rings. The second-order valence-electron chi connectivity index (χ2n) is 5.74. The molecule has 1 heterocycles. The van der Waals surface area contributed by atoms with E-state index in [1.54, 1.807) is 11.0 Å². The summed E-state index contributed by atoms with van der Waals surface area (Å²) in [4.78, 5) is 27.0. The fraction of sp³-hybridized carbons (Fsp3) is 0.733. The topological polar surface area (TPSA) is 49.4 Å². The van der Waals surface area contributed by atoms with Crippen molar-refractivity contribution < 1.29 is 9.59 Å². The molecule has 0 bridgehead atoms. The van der Waals surface area contributed by atoms with E-state index in [0.717, 1.165) is 32.1 Å². The van der Waals surface area contributed by atoms with Gasteiger partial charge in [-0.15, -0.1) is 6.58 Å². The van der Waals surface area contributed by atoms with Crippen LogP contribution in [0.2, 0.25) is 0 Å². The lowest BCUT2D eigenvalue weighted by atomic mass is 9.78. The molecule has 4 heteroatoms. The van der Waals surface area contributed by atoms with Crippen LogP contribution in [0.1, 0.15) is 52.4 Å². The summed E-state index contributed by atoms with van der Waals surface area (Å²) in [6, 6.07) is -0.449. The van der Waals surface area contributed by atoms with Gasteiger partial charge < -0.3 is 10.2 Å². The Kier molecular flexibility index (Phi) is 3.97. The molecule has 1 spiro atoms. The second kappa shape index (κ2) is 5.35. The number of hydrogen-bond donors (Lipinski definition) is 1. The number of nitrogens with one attached hydrogen (secondary N) is 1. The highest BCUT2D eigenvalue weighted by Gasteiger charge is 2.51. The van der Waals surface area contributed by atoms with Gasteiger partial charge in [0.25, 0.3) is 0 Å². The molecule has 2 unspecified atom stereocenters. The van der Waals surface area contributed by atoms with E-state index in [0.29, 0.717) is 6.42 Å². The van der Waals surface area contributed by atoms with Gasteiger partial charge in [0.15, 0.2) is 0 Å². The van der Waals surface area contributed by atoms with E-state index in [4.69, 9.17) is 0 Å². The van der Waals surface area contributed by atoms with Gasteiger partial charge >= 0.3 is 0 Å². The van der Waals surface area contributed by atoms with Crippen molar-refractivity contribution in [1.29, 1.82) is 0 Å².